The molecule has 2 aromatic carbocycles. The zero-order valence-electron chi connectivity index (χ0n) is 10.2. The molecule has 0 N–H and O–H groups in total. The van der Waals surface area contributed by atoms with Crippen molar-refractivity contribution in [3.8, 4) is 5.75 Å². The molecule has 0 aromatic heterocycles. The first-order valence-electron chi connectivity index (χ1n) is 5.69. The van der Waals surface area contributed by atoms with Crippen molar-refractivity contribution >= 4 is 14.9 Å². The molecule has 0 heterocycles. The maximum Gasteiger partial charge on any atom is 0.280 e. The summed E-state index contributed by atoms with van der Waals surface area (Å²) in [6.07, 6.45) is 0. The van der Waals surface area contributed by atoms with E-state index in [2.05, 4.69) is 22.0 Å². The minimum atomic E-state index is 0.371. The van der Waals surface area contributed by atoms with Gasteiger partial charge in [-0.15, -0.1) is 0 Å². The number of nitrogens with zero attached hydrogens (tertiary/aromatic N) is 2. The molecular formula is C14H14N2OSi. The largest absolute Gasteiger partial charge is 0.496 e. The lowest BCUT2D eigenvalue weighted by atomic mass is 10.2. The van der Waals surface area contributed by atoms with E-state index in [0.717, 1.165) is 11.3 Å². The molecule has 0 aliphatic rings. The normalized spacial score (nSPS) is 10.7. The third kappa shape index (κ3) is 3.53. The quantitative estimate of drug-likeness (QED) is 0.596. The Kier molecular flexibility index (Phi) is 4.66. The van der Waals surface area contributed by atoms with Crippen LogP contribution in [-0.4, -0.2) is 16.8 Å². The van der Waals surface area contributed by atoms with Crippen LogP contribution in [0.2, 0.25) is 0 Å². The van der Waals surface area contributed by atoms with Crippen molar-refractivity contribution in [1.29, 1.82) is 0 Å². The van der Waals surface area contributed by atoms with E-state index in [0.29, 0.717) is 16.2 Å². The Morgan fingerprint density at radius 3 is 2.50 bits per heavy atom. The summed E-state index contributed by atoms with van der Waals surface area (Å²) >= 11 is 0. The molecule has 0 unspecified atom stereocenters. The van der Waals surface area contributed by atoms with Crippen molar-refractivity contribution in [2.24, 2.45) is 9.89 Å². The first-order chi connectivity index (χ1) is 8.90. The molecule has 4 heteroatoms. The van der Waals surface area contributed by atoms with Gasteiger partial charge in [-0.05, 0) is 11.3 Å². The van der Waals surface area contributed by atoms with E-state index in [4.69, 9.17) is 4.74 Å². The van der Waals surface area contributed by atoms with Gasteiger partial charge in [0.1, 0.15) is 5.75 Å². The molecule has 18 heavy (non-hydrogen) atoms. The highest BCUT2D eigenvalue weighted by Gasteiger charge is 1.99. The second kappa shape index (κ2) is 6.71. The van der Waals surface area contributed by atoms with Crippen LogP contribution in [0.1, 0.15) is 5.56 Å². The van der Waals surface area contributed by atoms with Crippen molar-refractivity contribution in [2.45, 2.75) is 6.54 Å². The monoisotopic (exact) mass is 254 g/mol. The Labute approximate surface area is 109 Å². The van der Waals surface area contributed by atoms with Gasteiger partial charge < -0.3 is 4.74 Å². The zero-order chi connectivity index (χ0) is 12.6. The van der Waals surface area contributed by atoms with E-state index >= 15 is 0 Å². The van der Waals surface area contributed by atoms with Crippen molar-refractivity contribution in [1.82, 2.24) is 0 Å². The standard InChI is InChI=1S/C14H14N2OSi/c1-17-14-10-6-5-7-12(14)11-15-16-18-13-8-3-2-4-9-13/h2-10H,11H2,1H3. The van der Waals surface area contributed by atoms with Gasteiger partial charge in [-0.2, -0.15) is 5.11 Å². The Morgan fingerprint density at radius 2 is 1.72 bits per heavy atom. The molecule has 2 aromatic rings. The van der Waals surface area contributed by atoms with Crippen molar-refractivity contribution in [2.75, 3.05) is 7.11 Å². The summed E-state index contributed by atoms with van der Waals surface area (Å²) in [7, 11) is 2.04. The molecule has 0 spiro atoms. The van der Waals surface area contributed by atoms with Crippen LogP contribution in [0.3, 0.4) is 0 Å². The van der Waals surface area contributed by atoms with Gasteiger partial charge in [-0.1, -0.05) is 48.5 Å². The number of hydrogen-bond donors (Lipinski definition) is 0. The van der Waals surface area contributed by atoms with Crippen LogP contribution in [0.25, 0.3) is 0 Å². The van der Waals surface area contributed by atoms with Gasteiger partial charge in [-0.25, -0.2) is 4.78 Å². The Hall–Kier alpha value is -1.94. The maximum atomic E-state index is 5.26. The summed E-state index contributed by atoms with van der Waals surface area (Å²) in [6, 6.07) is 18.0. The summed E-state index contributed by atoms with van der Waals surface area (Å²) in [5, 5.41) is 5.40. The van der Waals surface area contributed by atoms with Crippen LogP contribution in [0, 0.1) is 0 Å². The number of para-hydroxylation sites is 1. The topological polar surface area (TPSA) is 34.0 Å². The molecule has 2 radical (unpaired) electrons. The van der Waals surface area contributed by atoms with Crippen molar-refractivity contribution < 1.29 is 4.74 Å². The number of methoxy groups -OCH3 is 1. The maximum absolute atomic E-state index is 5.26. The van der Waals surface area contributed by atoms with Crippen molar-refractivity contribution in [3.05, 3.63) is 60.2 Å². The van der Waals surface area contributed by atoms with Crippen LogP contribution >= 0.6 is 0 Å². The summed E-state index contributed by atoms with van der Waals surface area (Å²) in [4.78, 5) is 0. The number of hydrogen-bond acceptors (Lipinski definition) is 3. The molecule has 0 aliphatic heterocycles. The van der Waals surface area contributed by atoms with E-state index in [1.165, 1.54) is 5.19 Å². The van der Waals surface area contributed by atoms with Crippen LogP contribution in [0.5, 0.6) is 5.75 Å². The predicted octanol–water partition coefficient (Wildman–Crippen LogP) is 2.59. The van der Waals surface area contributed by atoms with Gasteiger partial charge in [0.15, 0.2) is 0 Å². The van der Waals surface area contributed by atoms with Crippen molar-refractivity contribution in [3.63, 3.8) is 0 Å². The average molecular weight is 254 g/mol. The van der Waals surface area contributed by atoms with Gasteiger partial charge >= 0.3 is 0 Å². The summed E-state index contributed by atoms with van der Waals surface area (Å²) < 4.78 is 9.47. The fraction of sp³-hybridized carbons (Fsp3) is 0.143. The minimum Gasteiger partial charge on any atom is -0.496 e. The van der Waals surface area contributed by atoms with Gasteiger partial charge in [0.25, 0.3) is 9.68 Å². The smallest absolute Gasteiger partial charge is 0.280 e. The van der Waals surface area contributed by atoms with E-state index in [9.17, 15) is 0 Å². The molecule has 0 fully saturated rings. The Bertz CT molecular complexity index is 514. The molecule has 0 bridgehead atoms. The first kappa shape index (κ1) is 12.5. The number of rotatable bonds is 5. The average Bonchev–Trinajstić information content (AvgIpc) is 2.45. The number of benzene rings is 2. The van der Waals surface area contributed by atoms with E-state index in [1.807, 2.05) is 42.5 Å². The van der Waals surface area contributed by atoms with Gasteiger partial charge in [-0.3, -0.25) is 0 Å². The molecular weight excluding hydrogens is 240 g/mol. The molecule has 3 nitrogen and oxygen atoms in total. The van der Waals surface area contributed by atoms with Crippen LogP contribution < -0.4 is 9.92 Å². The molecule has 0 amide bonds. The highest BCUT2D eigenvalue weighted by atomic mass is 28.2. The summed E-state index contributed by atoms with van der Waals surface area (Å²) in [6.45, 7) is 0.559. The second-order valence-electron chi connectivity index (χ2n) is 3.69. The van der Waals surface area contributed by atoms with Gasteiger partial charge in [0, 0.05) is 5.56 Å². The number of ether oxygens (including phenoxy) is 1. The molecule has 0 saturated carbocycles. The minimum absolute atomic E-state index is 0.371. The lowest BCUT2D eigenvalue weighted by Gasteiger charge is -2.04. The SMILES string of the molecule is COc1ccccc1CN=N[Si]c1ccccc1. The first-order valence-corrected chi connectivity index (χ1v) is 6.64. The predicted molar refractivity (Wildman–Crippen MR) is 73.4 cm³/mol. The molecule has 2 rings (SSSR count). The Balaban J connectivity index is 1.91. The molecule has 0 saturated heterocycles. The summed E-state index contributed by atoms with van der Waals surface area (Å²) in [5.41, 5.74) is 1.06. The molecule has 0 atom stereocenters. The van der Waals surface area contributed by atoms with E-state index in [1.54, 1.807) is 7.11 Å². The van der Waals surface area contributed by atoms with E-state index in [-0.39, 0.29) is 0 Å². The lowest BCUT2D eigenvalue weighted by Crippen LogP contribution is -2.09. The van der Waals surface area contributed by atoms with Gasteiger partial charge in [0.05, 0.1) is 13.7 Å². The van der Waals surface area contributed by atoms with Crippen LogP contribution in [-0.2, 0) is 6.54 Å². The summed E-state index contributed by atoms with van der Waals surface area (Å²) in [5.74, 6) is 0.861. The lowest BCUT2D eigenvalue weighted by molar-refractivity contribution is 0.409. The zero-order valence-corrected chi connectivity index (χ0v) is 11.2. The third-order valence-corrected chi connectivity index (χ3v) is 3.29. The fourth-order valence-electron chi connectivity index (χ4n) is 1.55. The second-order valence-corrected chi connectivity index (χ2v) is 4.69. The molecule has 0 aliphatic carbocycles. The highest BCUT2D eigenvalue weighted by Crippen LogP contribution is 2.17. The fourth-order valence-corrected chi connectivity index (χ4v) is 2.15. The van der Waals surface area contributed by atoms with E-state index < -0.39 is 0 Å². The third-order valence-electron chi connectivity index (χ3n) is 2.46. The van der Waals surface area contributed by atoms with Crippen LogP contribution in [0.4, 0.5) is 0 Å². The van der Waals surface area contributed by atoms with Gasteiger partial charge in [0.2, 0.25) is 0 Å². The highest BCUT2D eigenvalue weighted by molar-refractivity contribution is 6.51. The Morgan fingerprint density at radius 1 is 1.00 bits per heavy atom. The molecule has 90 valence electrons. The van der Waals surface area contributed by atoms with Crippen LogP contribution in [0.15, 0.2) is 64.5 Å².